The van der Waals surface area contributed by atoms with E-state index in [0.29, 0.717) is 17.2 Å². The summed E-state index contributed by atoms with van der Waals surface area (Å²) in [4.78, 5) is 11.8. The number of rotatable bonds is 3. The van der Waals surface area contributed by atoms with Crippen molar-refractivity contribution in [3.8, 4) is 0 Å². The summed E-state index contributed by atoms with van der Waals surface area (Å²) in [6, 6.07) is 7.03. The first kappa shape index (κ1) is 14.8. The van der Waals surface area contributed by atoms with Crippen molar-refractivity contribution in [3.63, 3.8) is 0 Å². The van der Waals surface area contributed by atoms with E-state index in [0.717, 1.165) is 32.6 Å². The molecule has 0 radical (unpaired) electrons. The first-order valence-corrected chi connectivity index (χ1v) is 5.97. The Kier molecular flexibility index (Phi) is 5.95. The number of hydrogen-bond acceptors (Lipinski definition) is 3. The van der Waals surface area contributed by atoms with Gasteiger partial charge in [0.25, 0.3) is 5.91 Å². The zero-order valence-electron chi connectivity index (χ0n) is 10.2. The molecule has 1 aliphatic heterocycles. The van der Waals surface area contributed by atoms with Crippen LogP contribution in [0.5, 0.6) is 0 Å². The Labute approximate surface area is 113 Å². The van der Waals surface area contributed by atoms with Crippen molar-refractivity contribution in [1.29, 1.82) is 0 Å². The number of nitrogen functional groups attached to an aromatic ring is 1. The molecule has 1 aliphatic rings. The van der Waals surface area contributed by atoms with Crippen LogP contribution < -0.4 is 11.1 Å². The minimum absolute atomic E-state index is 0. The highest BCUT2D eigenvalue weighted by atomic mass is 35.5. The standard InChI is InChI=1S/C13H18N2O2.ClH/c14-12-3-1-2-11(8-12)13(16)15-9-10-4-6-17-7-5-10;/h1-3,8,10H,4-7,9,14H2,(H,15,16);1H. The monoisotopic (exact) mass is 270 g/mol. The van der Waals surface area contributed by atoms with Gasteiger partial charge in [-0.2, -0.15) is 0 Å². The molecule has 18 heavy (non-hydrogen) atoms. The summed E-state index contributed by atoms with van der Waals surface area (Å²) in [5.74, 6) is 0.484. The molecule has 1 aromatic carbocycles. The van der Waals surface area contributed by atoms with Gasteiger partial charge in [0.15, 0.2) is 0 Å². The number of carbonyl (C=O) groups is 1. The molecule has 0 spiro atoms. The molecule has 1 fully saturated rings. The van der Waals surface area contributed by atoms with Crippen LogP contribution in [0.25, 0.3) is 0 Å². The second kappa shape index (κ2) is 7.24. The molecular formula is C13H19ClN2O2. The van der Waals surface area contributed by atoms with Crippen LogP contribution in [0.3, 0.4) is 0 Å². The number of nitrogens with two attached hydrogens (primary N) is 1. The molecule has 3 N–H and O–H groups in total. The maximum absolute atomic E-state index is 11.8. The molecular weight excluding hydrogens is 252 g/mol. The molecule has 2 rings (SSSR count). The van der Waals surface area contributed by atoms with E-state index < -0.39 is 0 Å². The minimum atomic E-state index is -0.0520. The van der Waals surface area contributed by atoms with E-state index in [1.165, 1.54) is 0 Å². The first-order chi connectivity index (χ1) is 8.25. The summed E-state index contributed by atoms with van der Waals surface area (Å²) < 4.78 is 5.28. The van der Waals surface area contributed by atoms with Crippen molar-refractivity contribution in [2.45, 2.75) is 12.8 Å². The first-order valence-electron chi connectivity index (χ1n) is 5.97. The lowest BCUT2D eigenvalue weighted by atomic mass is 10.0. The highest BCUT2D eigenvalue weighted by molar-refractivity contribution is 5.94. The molecule has 1 saturated heterocycles. The third-order valence-electron chi connectivity index (χ3n) is 3.04. The van der Waals surface area contributed by atoms with Crippen LogP contribution in [-0.4, -0.2) is 25.7 Å². The van der Waals surface area contributed by atoms with Gasteiger partial charge in [-0.05, 0) is 37.0 Å². The average molecular weight is 271 g/mol. The molecule has 1 amide bonds. The molecule has 0 aromatic heterocycles. The minimum Gasteiger partial charge on any atom is -0.399 e. The van der Waals surface area contributed by atoms with Gasteiger partial charge in [0.1, 0.15) is 0 Å². The van der Waals surface area contributed by atoms with Gasteiger partial charge >= 0.3 is 0 Å². The van der Waals surface area contributed by atoms with Gasteiger partial charge in [-0.1, -0.05) is 6.07 Å². The van der Waals surface area contributed by atoms with Crippen LogP contribution in [0.1, 0.15) is 23.2 Å². The summed E-state index contributed by atoms with van der Waals surface area (Å²) in [7, 11) is 0. The van der Waals surface area contributed by atoms with Crippen molar-refractivity contribution >= 4 is 24.0 Å². The molecule has 1 heterocycles. The van der Waals surface area contributed by atoms with Crippen LogP contribution in [0.4, 0.5) is 5.69 Å². The van der Waals surface area contributed by atoms with Gasteiger partial charge in [0.05, 0.1) is 0 Å². The highest BCUT2D eigenvalue weighted by Gasteiger charge is 2.15. The maximum atomic E-state index is 11.8. The van der Waals surface area contributed by atoms with Gasteiger partial charge in [-0.25, -0.2) is 0 Å². The van der Waals surface area contributed by atoms with Gasteiger partial charge in [0, 0.05) is 31.0 Å². The quantitative estimate of drug-likeness (QED) is 0.824. The lowest BCUT2D eigenvalue weighted by Gasteiger charge is -2.22. The fraction of sp³-hybridized carbons (Fsp3) is 0.462. The van der Waals surface area contributed by atoms with E-state index in [-0.39, 0.29) is 18.3 Å². The summed E-state index contributed by atoms with van der Waals surface area (Å²) in [6.07, 6.45) is 2.05. The summed E-state index contributed by atoms with van der Waals surface area (Å²) in [6.45, 7) is 2.33. The van der Waals surface area contributed by atoms with Crippen molar-refractivity contribution in [2.75, 3.05) is 25.5 Å². The third kappa shape index (κ3) is 4.20. The molecule has 0 bridgehead atoms. The molecule has 4 nitrogen and oxygen atoms in total. The number of hydrogen-bond donors (Lipinski definition) is 2. The fourth-order valence-electron chi connectivity index (χ4n) is 1.97. The Morgan fingerprint density at radius 2 is 2.11 bits per heavy atom. The summed E-state index contributed by atoms with van der Waals surface area (Å²) >= 11 is 0. The number of anilines is 1. The molecule has 1 aromatic rings. The summed E-state index contributed by atoms with van der Waals surface area (Å²) in [5, 5.41) is 2.95. The predicted octanol–water partition coefficient (Wildman–Crippen LogP) is 1.85. The lowest BCUT2D eigenvalue weighted by molar-refractivity contribution is 0.0642. The SMILES string of the molecule is Cl.Nc1cccc(C(=O)NCC2CCOCC2)c1. The van der Waals surface area contributed by atoms with Crippen LogP contribution in [0.2, 0.25) is 0 Å². The van der Waals surface area contributed by atoms with Gasteiger partial charge in [-0.15, -0.1) is 12.4 Å². The Morgan fingerprint density at radius 3 is 2.78 bits per heavy atom. The largest absolute Gasteiger partial charge is 0.399 e. The van der Waals surface area contributed by atoms with Crippen LogP contribution >= 0.6 is 12.4 Å². The molecule has 100 valence electrons. The van der Waals surface area contributed by atoms with Crippen molar-refractivity contribution in [1.82, 2.24) is 5.32 Å². The van der Waals surface area contributed by atoms with E-state index in [4.69, 9.17) is 10.5 Å². The Hall–Kier alpha value is -1.26. The molecule has 0 atom stereocenters. The van der Waals surface area contributed by atoms with Gasteiger partial charge < -0.3 is 15.8 Å². The van der Waals surface area contributed by atoms with Crippen LogP contribution in [0, 0.1) is 5.92 Å². The second-order valence-corrected chi connectivity index (χ2v) is 4.39. The fourth-order valence-corrected chi connectivity index (χ4v) is 1.97. The van der Waals surface area contributed by atoms with Crippen molar-refractivity contribution in [3.05, 3.63) is 29.8 Å². The maximum Gasteiger partial charge on any atom is 0.251 e. The Bertz CT molecular complexity index is 392. The number of carbonyl (C=O) groups excluding carboxylic acids is 1. The van der Waals surface area contributed by atoms with Gasteiger partial charge in [0.2, 0.25) is 0 Å². The van der Waals surface area contributed by atoms with Crippen LogP contribution in [0.15, 0.2) is 24.3 Å². The predicted molar refractivity (Wildman–Crippen MR) is 74.0 cm³/mol. The number of benzene rings is 1. The van der Waals surface area contributed by atoms with E-state index in [1.807, 2.05) is 0 Å². The zero-order chi connectivity index (χ0) is 12.1. The van der Waals surface area contributed by atoms with E-state index in [9.17, 15) is 4.79 Å². The molecule has 0 unspecified atom stereocenters. The number of halogens is 1. The number of amides is 1. The smallest absolute Gasteiger partial charge is 0.251 e. The second-order valence-electron chi connectivity index (χ2n) is 4.39. The molecule has 0 aliphatic carbocycles. The Morgan fingerprint density at radius 1 is 1.39 bits per heavy atom. The van der Waals surface area contributed by atoms with Crippen LogP contribution in [-0.2, 0) is 4.74 Å². The Balaban J connectivity index is 0.00000162. The number of ether oxygens (including phenoxy) is 1. The topological polar surface area (TPSA) is 64.4 Å². The third-order valence-corrected chi connectivity index (χ3v) is 3.04. The van der Waals surface area contributed by atoms with Gasteiger partial charge in [-0.3, -0.25) is 4.79 Å². The lowest BCUT2D eigenvalue weighted by Crippen LogP contribution is -2.32. The van der Waals surface area contributed by atoms with Crippen molar-refractivity contribution < 1.29 is 9.53 Å². The van der Waals surface area contributed by atoms with E-state index in [2.05, 4.69) is 5.32 Å². The zero-order valence-corrected chi connectivity index (χ0v) is 11.0. The normalized spacial score (nSPS) is 15.8. The molecule has 5 heteroatoms. The van der Waals surface area contributed by atoms with E-state index >= 15 is 0 Å². The summed E-state index contributed by atoms with van der Waals surface area (Å²) in [5.41, 5.74) is 6.88. The highest BCUT2D eigenvalue weighted by Crippen LogP contribution is 2.13. The average Bonchev–Trinajstić information content (AvgIpc) is 2.37. The number of nitrogens with one attached hydrogen (secondary N) is 1. The molecule has 0 saturated carbocycles. The van der Waals surface area contributed by atoms with E-state index in [1.54, 1.807) is 24.3 Å². The van der Waals surface area contributed by atoms with Crippen molar-refractivity contribution in [2.24, 2.45) is 5.92 Å².